The second-order valence-corrected chi connectivity index (χ2v) is 8.88. The summed E-state index contributed by atoms with van der Waals surface area (Å²) >= 11 is 6.00. The first-order valence-corrected chi connectivity index (χ1v) is 11.0. The van der Waals surface area contributed by atoms with Crippen LogP contribution < -0.4 is 4.90 Å². The van der Waals surface area contributed by atoms with Gasteiger partial charge >= 0.3 is 11.5 Å². The summed E-state index contributed by atoms with van der Waals surface area (Å²) in [6, 6.07) is 14.7. The SMILES string of the molecule is CC1C(=O)N(c2ccc(SC(F)(F)F)cc2)C(=O)N1Cc1ccnc(-c2ccccc2Cl)c1. The molecule has 3 aromatic rings. The van der Waals surface area contributed by atoms with Gasteiger partial charge in [-0.25, -0.2) is 9.69 Å². The number of anilines is 1. The average molecular weight is 492 g/mol. The van der Waals surface area contributed by atoms with Crippen LogP contribution >= 0.6 is 23.4 Å². The van der Waals surface area contributed by atoms with E-state index < -0.39 is 23.5 Å². The lowest BCUT2D eigenvalue weighted by Gasteiger charge is -2.20. The summed E-state index contributed by atoms with van der Waals surface area (Å²) in [6.45, 7) is 1.77. The standard InChI is InChI=1S/C23H17ClF3N3O2S/c1-14-21(31)30(16-6-8-17(9-7-16)33-23(25,26)27)22(32)29(14)13-15-10-11-28-20(12-15)18-4-2-3-5-19(18)24/h2-12,14H,13H2,1H3. The molecule has 1 unspecified atom stereocenters. The molecule has 3 amide bonds. The molecule has 1 fully saturated rings. The minimum absolute atomic E-state index is 0.0286. The topological polar surface area (TPSA) is 53.5 Å². The predicted octanol–water partition coefficient (Wildman–Crippen LogP) is 6.37. The smallest absolute Gasteiger partial charge is 0.308 e. The third-order valence-electron chi connectivity index (χ3n) is 5.14. The molecule has 1 saturated heterocycles. The van der Waals surface area contributed by atoms with Crippen LogP contribution in [-0.4, -0.2) is 33.4 Å². The Hall–Kier alpha value is -3.04. The van der Waals surface area contributed by atoms with Gasteiger partial charge in [-0.15, -0.1) is 0 Å². The first-order chi connectivity index (χ1) is 15.6. The largest absolute Gasteiger partial charge is 0.446 e. The van der Waals surface area contributed by atoms with Gasteiger partial charge in [-0.2, -0.15) is 13.2 Å². The van der Waals surface area contributed by atoms with E-state index in [1.54, 1.807) is 31.3 Å². The van der Waals surface area contributed by atoms with Crippen molar-refractivity contribution in [3.63, 3.8) is 0 Å². The van der Waals surface area contributed by atoms with E-state index in [0.29, 0.717) is 10.7 Å². The zero-order chi connectivity index (χ0) is 23.8. The second-order valence-electron chi connectivity index (χ2n) is 7.33. The van der Waals surface area contributed by atoms with Crippen LogP contribution in [0.5, 0.6) is 0 Å². The van der Waals surface area contributed by atoms with Gasteiger partial charge in [-0.05, 0) is 66.7 Å². The lowest BCUT2D eigenvalue weighted by molar-refractivity contribution is -0.119. The van der Waals surface area contributed by atoms with Gasteiger partial charge < -0.3 is 4.90 Å². The fraction of sp³-hybridized carbons (Fsp3) is 0.174. The van der Waals surface area contributed by atoms with Crippen LogP contribution in [0.15, 0.2) is 71.8 Å². The number of amides is 3. The van der Waals surface area contributed by atoms with E-state index in [1.165, 1.54) is 29.2 Å². The van der Waals surface area contributed by atoms with Gasteiger partial charge in [-0.1, -0.05) is 29.8 Å². The summed E-state index contributed by atoms with van der Waals surface area (Å²) in [5.74, 6) is -0.448. The van der Waals surface area contributed by atoms with Crippen molar-refractivity contribution >= 4 is 41.0 Å². The van der Waals surface area contributed by atoms with Crippen LogP contribution in [0.25, 0.3) is 11.3 Å². The van der Waals surface area contributed by atoms with Crippen LogP contribution in [-0.2, 0) is 11.3 Å². The van der Waals surface area contributed by atoms with Crippen molar-refractivity contribution in [2.75, 3.05) is 4.90 Å². The van der Waals surface area contributed by atoms with Crippen molar-refractivity contribution in [3.05, 3.63) is 77.4 Å². The lowest BCUT2D eigenvalue weighted by atomic mass is 10.1. The van der Waals surface area contributed by atoms with E-state index in [1.807, 2.05) is 18.2 Å². The van der Waals surface area contributed by atoms with Gasteiger partial charge in [0, 0.05) is 28.2 Å². The maximum absolute atomic E-state index is 13.1. The molecule has 10 heteroatoms. The Labute approximate surface area is 197 Å². The van der Waals surface area contributed by atoms with Gasteiger partial charge in [0.2, 0.25) is 0 Å². The normalized spacial score (nSPS) is 16.6. The molecule has 0 spiro atoms. The highest BCUT2D eigenvalue weighted by molar-refractivity contribution is 8.00. The van der Waals surface area contributed by atoms with Gasteiger partial charge in [0.1, 0.15) is 6.04 Å². The van der Waals surface area contributed by atoms with Crippen LogP contribution in [0.1, 0.15) is 12.5 Å². The Morgan fingerprint density at radius 2 is 1.76 bits per heavy atom. The van der Waals surface area contributed by atoms with Crippen LogP contribution in [0.3, 0.4) is 0 Å². The van der Waals surface area contributed by atoms with Crippen molar-refractivity contribution in [1.82, 2.24) is 9.88 Å². The molecular formula is C23H17ClF3N3O2S. The number of alkyl halides is 3. The summed E-state index contributed by atoms with van der Waals surface area (Å²) in [5.41, 5.74) is -2.06. The number of carbonyl (C=O) groups is 2. The summed E-state index contributed by atoms with van der Waals surface area (Å²) in [7, 11) is 0. The zero-order valence-corrected chi connectivity index (χ0v) is 18.8. The highest BCUT2D eigenvalue weighted by atomic mass is 35.5. The number of urea groups is 1. The van der Waals surface area contributed by atoms with Crippen molar-refractivity contribution in [3.8, 4) is 11.3 Å². The number of imide groups is 1. The fourth-order valence-electron chi connectivity index (χ4n) is 3.53. The summed E-state index contributed by atoms with van der Waals surface area (Å²) in [6.07, 6.45) is 1.61. The van der Waals surface area contributed by atoms with Crippen molar-refractivity contribution in [1.29, 1.82) is 0 Å². The number of aromatic nitrogens is 1. The summed E-state index contributed by atoms with van der Waals surface area (Å²) in [4.78, 5) is 32.6. The van der Waals surface area contributed by atoms with Gasteiger partial charge in [0.05, 0.1) is 11.4 Å². The number of thioether (sulfide) groups is 1. The highest BCUT2D eigenvalue weighted by Crippen LogP contribution is 2.38. The molecule has 1 aliphatic rings. The van der Waals surface area contributed by atoms with E-state index >= 15 is 0 Å². The molecule has 1 aromatic heterocycles. The molecule has 0 radical (unpaired) electrons. The molecule has 4 rings (SSSR count). The average Bonchev–Trinajstić information content (AvgIpc) is 2.97. The summed E-state index contributed by atoms with van der Waals surface area (Å²) < 4.78 is 37.7. The number of carbonyl (C=O) groups excluding carboxylic acids is 2. The van der Waals surface area contributed by atoms with Gasteiger partial charge in [0.15, 0.2) is 0 Å². The quantitative estimate of drug-likeness (QED) is 0.307. The molecule has 2 aromatic carbocycles. The van der Waals surface area contributed by atoms with Crippen molar-refractivity contribution in [2.24, 2.45) is 0 Å². The Bertz CT molecular complexity index is 1200. The van der Waals surface area contributed by atoms with E-state index in [2.05, 4.69) is 4.98 Å². The van der Waals surface area contributed by atoms with E-state index in [-0.39, 0.29) is 28.9 Å². The maximum atomic E-state index is 13.1. The van der Waals surface area contributed by atoms with Crippen LogP contribution in [0.2, 0.25) is 5.02 Å². The predicted molar refractivity (Wildman–Crippen MR) is 121 cm³/mol. The molecule has 2 heterocycles. The molecule has 1 atom stereocenters. The first-order valence-electron chi connectivity index (χ1n) is 9.84. The molecule has 33 heavy (non-hydrogen) atoms. The maximum Gasteiger partial charge on any atom is 0.446 e. The molecule has 0 bridgehead atoms. The molecule has 0 aliphatic carbocycles. The van der Waals surface area contributed by atoms with Crippen LogP contribution in [0, 0.1) is 0 Å². The second kappa shape index (κ2) is 9.07. The fourth-order valence-corrected chi connectivity index (χ4v) is 4.31. The van der Waals surface area contributed by atoms with Gasteiger partial charge in [-0.3, -0.25) is 9.78 Å². The highest BCUT2D eigenvalue weighted by Gasteiger charge is 2.43. The first kappa shape index (κ1) is 23.1. The number of hydrogen-bond donors (Lipinski definition) is 0. The molecule has 1 aliphatic heterocycles. The third-order valence-corrected chi connectivity index (χ3v) is 6.21. The molecular weight excluding hydrogens is 475 g/mol. The minimum atomic E-state index is -4.42. The van der Waals surface area contributed by atoms with E-state index in [0.717, 1.165) is 16.0 Å². The number of nitrogens with zero attached hydrogens (tertiary/aromatic N) is 3. The molecule has 0 N–H and O–H groups in total. The Morgan fingerprint density at radius 1 is 1.06 bits per heavy atom. The summed E-state index contributed by atoms with van der Waals surface area (Å²) in [5, 5.41) is 0.543. The lowest BCUT2D eigenvalue weighted by Crippen LogP contribution is -2.33. The van der Waals surface area contributed by atoms with E-state index in [9.17, 15) is 22.8 Å². The zero-order valence-electron chi connectivity index (χ0n) is 17.2. The number of pyridine rings is 1. The minimum Gasteiger partial charge on any atom is -0.308 e. The monoisotopic (exact) mass is 491 g/mol. The Morgan fingerprint density at radius 3 is 2.42 bits per heavy atom. The molecule has 170 valence electrons. The Balaban J connectivity index is 1.55. The Kier molecular flexibility index (Phi) is 6.36. The van der Waals surface area contributed by atoms with E-state index in [4.69, 9.17) is 11.6 Å². The van der Waals surface area contributed by atoms with Crippen LogP contribution in [0.4, 0.5) is 23.7 Å². The van der Waals surface area contributed by atoms with Crippen molar-refractivity contribution in [2.45, 2.75) is 29.9 Å². The third kappa shape index (κ3) is 4.99. The number of halogens is 4. The van der Waals surface area contributed by atoms with Crippen molar-refractivity contribution < 1.29 is 22.8 Å². The van der Waals surface area contributed by atoms with Gasteiger partial charge in [0.25, 0.3) is 5.91 Å². The number of hydrogen-bond acceptors (Lipinski definition) is 4. The number of benzene rings is 2. The molecule has 5 nitrogen and oxygen atoms in total. The number of rotatable bonds is 5. The molecule has 0 saturated carbocycles.